The molecule has 0 saturated carbocycles. The molecule has 0 saturated heterocycles. The first-order chi connectivity index (χ1) is 5.14. The monoisotopic (exact) mass is 200 g/mol. The van der Waals surface area contributed by atoms with Gasteiger partial charge in [-0.05, 0) is 0 Å². The predicted octanol–water partition coefficient (Wildman–Crippen LogP) is 3.11. The Bertz CT molecular complexity index is 131. The lowest BCUT2D eigenvalue weighted by molar-refractivity contribution is -0.244. The van der Waals surface area contributed by atoms with Crippen LogP contribution < -0.4 is 0 Å². The first-order valence-corrected chi connectivity index (χ1v) is 2.26. The fourth-order valence-electron chi connectivity index (χ4n) is 0.237. The molecule has 0 aliphatic carbocycles. The maximum atomic E-state index is 11.5. The molecule has 0 nitrogen and oxygen atoms in total. The molecule has 72 valence electrons. The summed E-state index contributed by atoms with van der Waals surface area (Å²) in [6.45, 7) is 0. The second-order valence-electron chi connectivity index (χ2n) is 1.67. The summed E-state index contributed by atoms with van der Waals surface area (Å²) in [5.74, 6) is -12.2. The van der Waals surface area contributed by atoms with Gasteiger partial charge in [0.15, 0.2) is 0 Å². The van der Waals surface area contributed by atoms with Crippen molar-refractivity contribution in [3.05, 3.63) is 12.9 Å². The summed E-state index contributed by atoms with van der Waals surface area (Å²) in [6.07, 6.45) is -8.11. The molecule has 0 spiro atoms. The standard InChI is InChI=1S/C4F8/c5-1(6)3(9,10)4(11,12)2(7)8. The van der Waals surface area contributed by atoms with Gasteiger partial charge in [0.1, 0.15) is 0 Å². The van der Waals surface area contributed by atoms with Crippen molar-refractivity contribution in [2.75, 3.05) is 0 Å². The molecule has 0 N–H and O–H groups in total. The third-order valence-electron chi connectivity index (χ3n) is 0.869. The quantitative estimate of drug-likeness (QED) is 0.614. The smallest absolute Gasteiger partial charge is 0.192 e. The molecular weight excluding hydrogens is 200 g/mol. The van der Waals surface area contributed by atoms with Crippen LogP contribution in [0.1, 0.15) is 0 Å². The highest BCUT2D eigenvalue weighted by Crippen LogP contribution is 2.48. The van der Waals surface area contributed by atoms with E-state index in [0.29, 0.717) is 0 Å². The van der Waals surface area contributed by atoms with Crippen LogP contribution in [0.2, 0.25) is 0 Å². The molecule has 0 aromatic heterocycles. The molecular formula is C4F8. The van der Waals surface area contributed by atoms with Crippen LogP contribution in [0.4, 0.5) is 35.1 Å². The number of hydrogen-bond donors (Lipinski definition) is 0. The zero-order valence-electron chi connectivity index (χ0n) is 5.02. The summed E-state index contributed by atoms with van der Waals surface area (Å²) in [5, 5.41) is 0. The van der Waals surface area contributed by atoms with Crippen molar-refractivity contribution in [3.63, 3.8) is 0 Å². The van der Waals surface area contributed by atoms with Gasteiger partial charge in [-0.2, -0.15) is 35.1 Å². The van der Waals surface area contributed by atoms with Crippen molar-refractivity contribution in [1.29, 1.82) is 0 Å². The van der Waals surface area contributed by atoms with Crippen molar-refractivity contribution < 1.29 is 35.1 Å². The van der Waals surface area contributed by atoms with Crippen molar-refractivity contribution in [3.8, 4) is 0 Å². The van der Waals surface area contributed by atoms with Crippen molar-refractivity contribution in [2.45, 2.75) is 11.8 Å². The van der Waals surface area contributed by atoms with Crippen LogP contribution in [0.5, 0.6) is 0 Å². The van der Waals surface area contributed by atoms with E-state index in [1.807, 2.05) is 0 Å². The minimum absolute atomic E-state index is 4.06. The number of hydrogen-bond acceptors (Lipinski definition) is 0. The van der Waals surface area contributed by atoms with E-state index < -0.39 is 24.7 Å². The summed E-state index contributed by atoms with van der Waals surface area (Å²) < 4.78 is 90.2. The molecule has 0 atom stereocenters. The summed E-state index contributed by atoms with van der Waals surface area (Å²) in [7, 11) is 0. The number of halogens is 8. The molecule has 0 aromatic rings. The van der Waals surface area contributed by atoms with E-state index in [0.717, 1.165) is 0 Å². The molecule has 12 heavy (non-hydrogen) atoms. The second-order valence-corrected chi connectivity index (χ2v) is 1.67. The Morgan fingerprint density at radius 2 is 0.750 bits per heavy atom. The highest BCUT2D eigenvalue weighted by molar-refractivity contribution is 5.03. The maximum absolute atomic E-state index is 11.5. The van der Waals surface area contributed by atoms with Gasteiger partial charge in [0.05, 0.1) is 0 Å². The molecule has 0 rings (SSSR count). The van der Waals surface area contributed by atoms with Crippen LogP contribution in [-0.4, -0.2) is 11.8 Å². The first-order valence-electron chi connectivity index (χ1n) is 2.26. The zero-order chi connectivity index (χ0) is 10.2. The highest BCUT2D eigenvalue weighted by atomic mass is 19.4. The summed E-state index contributed by atoms with van der Waals surface area (Å²) in [4.78, 5) is 0. The zero-order valence-corrected chi connectivity index (χ0v) is 5.02. The van der Waals surface area contributed by atoms with E-state index >= 15 is 0 Å². The van der Waals surface area contributed by atoms with Gasteiger partial charge < -0.3 is 0 Å². The Labute approximate surface area is 61.2 Å². The average molecular weight is 200 g/mol. The van der Waals surface area contributed by atoms with Crippen molar-refractivity contribution in [1.82, 2.24) is 0 Å². The number of rotatable bonds is 3. The molecule has 0 aliphatic heterocycles. The minimum atomic E-state index is -6.12. The van der Waals surface area contributed by atoms with Gasteiger partial charge in [-0.25, -0.2) is 0 Å². The Morgan fingerprint density at radius 3 is 0.833 bits per heavy atom. The normalized spacial score (nSPS) is 14.5. The molecule has 0 bridgehead atoms. The Balaban J connectivity index is 4.75. The molecule has 0 heterocycles. The fourth-order valence-corrected chi connectivity index (χ4v) is 0.237. The molecule has 0 aromatic carbocycles. The third kappa shape index (κ3) is 1.61. The maximum Gasteiger partial charge on any atom is 0.385 e. The van der Waals surface area contributed by atoms with Crippen LogP contribution in [0.3, 0.4) is 0 Å². The molecule has 0 fully saturated rings. The average Bonchev–Trinajstić information content (AvgIpc) is 1.86. The van der Waals surface area contributed by atoms with Crippen LogP contribution >= 0.6 is 0 Å². The van der Waals surface area contributed by atoms with Crippen molar-refractivity contribution in [2.24, 2.45) is 0 Å². The van der Waals surface area contributed by atoms with Gasteiger partial charge in [0.2, 0.25) is 0 Å². The van der Waals surface area contributed by atoms with Crippen LogP contribution in [0.15, 0.2) is 0 Å². The van der Waals surface area contributed by atoms with E-state index in [-0.39, 0.29) is 0 Å². The van der Waals surface area contributed by atoms with E-state index in [9.17, 15) is 35.1 Å². The SMILES string of the molecule is F[C](F)C(F)(F)C(F)(F)[C](F)F. The van der Waals surface area contributed by atoms with Gasteiger partial charge in [-0.15, -0.1) is 0 Å². The van der Waals surface area contributed by atoms with Crippen LogP contribution in [-0.2, 0) is 0 Å². The predicted molar refractivity (Wildman–Crippen MR) is 20.8 cm³/mol. The molecule has 0 aliphatic rings. The van der Waals surface area contributed by atoms with Gasteiger partial charge in [0, 0.05) is 0 Å². The Hall–Kier alpha value is -0.560. The Kier molecular flexibility index (Phi) is 2.92. The Morgan fingerprint density at radius 1 is 0.583 bits per heavy atom. The van der Waals surface area contributed by atoms with E-state index in [1.165, 1.54) is 0 Å². The second kappa shape index (κ2) is 3.06. The molecule has 0 amide bonds. The largest absolute Gasteiger partial charge is 0.385 e. The van der Waals surface area contributed by atoms with E-state index in [2.05, 4.69) is 0 Å². The molecule has 2 radical (unpaired) electrons. The fraction of sp³-hybridized carbons (Fsp3) is 0.500. The van der Waals surface area contributed by atoms with Gasteiger partial charge in [-0.3, -0.25) is 0 Å². The van der Waals surface area contributed by atoms with E-state index in [4.69, 9.17) is 0 Å². The summed E-state index contributed by atoms with van der Waals surface area (Å²) in [6, 6.07) is 0. The van der Waals surface area contributed by atoms with Gasteiger partial charge >= 0.3 is 24.7 Å². The first kappa shape index (κ1) is 11.4. The lowest BCUT2D eigenvalue weighted by Gasteiger charge is -2.22. The lowest BCUT2D eigenvalue weighted by atomic mass is 10.2. The summed E-state index contributed by atoms with van der Waals surface area (Å²) >= 11 is 0. The molecule has 8 heteroatoms. The third-order valence-corrected chi connectivity index (χ3v) is 0.869. The van der Waals surface area contributed by atoms with Crippen LogP contribution in [0, 0.1) is 12.9 Å². The van der Waals surface area contributed by atoms with Gasteiger partial charge in [-0.1, -0.05) is 0 Å². The topological polar surface area (TPSA) is 0 Å². The summed E-state index contributed by atoms with van der Waals surface area (Å²) in [5.41, 5.74) is 0. The van der Waals surface area contributed by atoms with Gasteiger partial charge in [0.25, 0.3) is 0 Å². The molecule has 0 unspecified atom stereocenters. The highest BCUT2D eigenvalue weighted by Gasteiger charge is 2.70. The number of alkyl halides is 4. The van der Waals surface area contributed by atoms with E-state index in [1.54, 1.807) is 0 Å². The lowest BCUT2D eigenvalue weighted by Crippen LogP contribution is -2.45. The van der Waals surface area contributed by atoms with Crippen molar-refractivity contribution >= 4 is 0 Å². The van der Waals surface area contributed by atoms with Crippen LogP contribution in [0.25, 0.3) is 0 Å². The minimum Gasteiger partial charge on any atom is -0.192 e.